The van der Waals surface area contributed by atoms with E-state index in [4.69, 9.17) is 4.74 Å². The van der Waals surface area contributed by atoms with E-state index in [1.807, 2.05) is 60.7 Å². The fourth-order valence-electron chi connectivity index (χ4n) is 2.36. The van der Waals surface area contributed by atoms with E-state index in [1.165, 1.54) is 0 Å². The number of aliphatic hydroxyl groups is 2. The van der Waals surface area contributed by atoms with Crippen LogP contribution in [0.3, 0.4) is 0 Å². The predicted octanol–water partition coefficient (Wildman–Crippen LogP) is 1.85. The molecule has 0 spiro atoms. The molecule has 0 saturated carbocycles. The number of esters is 1. The quantitative estimate of drug-likeness (QED) is 0.531. The molecule has 0 aliphatic rings. The fourth-order valence-corrected chi connectivity index (χ4v) is 4.81. The topological polar surface area (TPSA) is 66.8 Å². The van der Waals surface area contributed by atoms with Gasteiger partial charge in [0, 0.05) is 0 Å². The summed E-state index contributed by atoms with van der Waals surface area (Å²) in [4.78, 5) is 11.3. The summed E-state index contributed by atoms with van der Waals surface area (Å²) in [5.41, 5.74) is 0.739. The Bertz CT molecular complexity index is 618. The second-order valence-electron chi connectivity index (χ2n) is 5.33. The number of carbonyl (C=O) groups excluding carboxylic acids is 1. The van der Waals surface area contributed by atoms with Gasteiger partial charge in [-0.2, -0.15) is 0 Å². The molecule has 24 heavy (non-hydrogen) atoms. The van der Waals surface area contributed by atoms with E-state index in [-0.39, 0.29) is 28.0 Å². The van der Waals surface area contributed by atoms with E-state index in [0.717, 1.165) is 10.0 Å². The zero-order valence-electron chi connectivity index (χ0n) is 13.5. The first kappa shape index (κ1) is 18.7. The Balaban J connectivity index is 2.18. The Kier molecular flexibility index (Phi) is 7.47. The Morgan fingerprint density at radius 1 is 1.04 bits per heavy atom. The van der Waals surface area contributed by atoms with Crippen LogP contribution in [0.4, 0.5) is 0 Å². The van der Waals surface area contributed by atoms with Gasteiger partial charge in [0.1, 0.15) is 0 Å². The molecule has 0 aromatic heterocycles. The first-order valence-electron chi connectivity index (χ1n) is 7.90. The van der Waals surface area contributed by atoms with E-state index in [2.05, 4.69) is 0 Å². The summed E-state index contributed by atoms with van der Waals surface area (Å²) in [5.74, 6) is -0.445. The molecule has 0 radical (unpaired) electrons. The third kappa shape index (κ3) is 5.46. The van der Waals surface area contributed by atoms with Crippen molar-refractivity contribution in [3.63, 3.8) is 0 Å². The number of hydrogen-bond donors (Lipinski definition) is 2. The molecule has 0 aliphatic carbocycles. The van der Waals surface area contributed by atoms with E-state index in [9.17, 15) is 15.0 Å². The number of hydrogen-bond acceptors (Lipinski definition) is 4. The summed E-state index contributed by atoms with van der Waals surface area (Å²) < 4.78 is 5.99. The average molecular weight is 393 g/mol. The minimum absolute atomic E-state index is 0.114. The van der Waals surface area contributed by atoms with Gasteiger partial charge in [0.25, 0.3) is 0 Å². The maximum absolute atomic E-state index is 11.7. The van der Waals surface area contributed by atoms with Crippen molar-refractivity contribution in [3.8, 4) is 0 Å². The molecule has 2 N–H and O–H groups in total. The number of rotatable bonds is 8. The van der Waals surface area contributed by atoms with Crippen molar-refractivity contribution in [1.29, 1.82) is 0 Å². The van der Waals surface area contributed by atoms with Gasteiger partial charge in [-0.1, -0.05) is 0 Å². The molecule has 5 heteroatoms. The monoisotopic (exact) mass is 394 g/mol. The van der Waals surface area contributed by atoms with Crippen LogP contribution in [-0.4, -0.2) is 43.8 Å². The zero-order valence-corrected chi connectivity index (χ0v) is 15.3. The van der Waals surface area contributed by atoms with Gasteiger partial charge >= 0.3 is 148 Å². The van der Waals surface area contributed by atoms with Gasteiger partial charge in [0.15, 0.2) is 0 Å². The SMILES string of the molecule is CCOC(=O)C[C@@H](O)[C@H]([Se]c1ccccc1)[C@H](O)c1ccccc1. The van der Waals surface area contributed by atoms with Gasteiger partial charge in [-0.3, -0.25) is 0 Å². The molecule has 0 fully saturated rings. The molecule has 0 saturated heterocycles. The number of benzene rings is 2. The van der Waals surface area contributed by atoms with Crippen molar-refractivity contribution >= 4 is 25.4 Å². The van der Waals surface area contributed by atoms with Crippen LogP contribution in [0.5, 0.6) is 0 Å². The van der Waals surface area contributed by atoms with Crippen LogP contribution in [0.1, 0.15) is 25.0 Å². The van der Waals surface area contributed by atoms with Gasteiger partial charge in [0.05, 0.1) is 0 Å². The third-order valence-electron chi connectivity index (χ3n) is 3.53. The van der Waals surface area contributed by atoms with Gasteiger partial charge < -0.3 is 0 Å². The van der Waals surface area contributed by atoms with E-state index >= 15 is 0 Å². The predicted molar refractivity (Wildman–Crippen MR) is 94.2 cm³/mol. The van der Waals surface area contributed by atoms with Crippen LogP contribution in [0.25, 0.3) is 0 Å². The molecular weight excluding hydrogens is 371 g/mol. The van der Waals surface area contributed by atoms with Crippen molar-refractivity contribution in [1.82, 2.24) is 0 Å². The maximum atomic E-state index is 11.7. The molecule has 2 aromatic carbocycles. The Morgan fingerprint density at radius 3 is 2.21 bits per heavy atom. The van der Waals surface area contributed by atoms with Crippen LogP contribution in [0.15, 0.2) is 60.7 Å². The fraction of sp³-hybridized carbons (Fsp3) is 0.316. The number of ether oxygens (including phenoxy) is 1. The second kappa shape index (κ2) is 9.60. The van der Waals surface area contributed by atoms with E-state index in [0.29, 0.717) is 0 Å². The zero-order chi connectivity index (χ0) is 17.4. The summed E-state index contributed by atoms with van der Waals surface area (Å²) in [6, 6.07) is 19.0. The molecule has 3 atom stereocenters. The van der Waals surface area contributed by atoms with E-state index < -0.39 is 23.0 Å². The van der Waals surface area contributed by atoms with Crippen molar-refractivity contribution in [2.45, 2.75) is 30.4 Å². The molecule has 2 rings (SSSR count). The number of carbonyl (C=O) groups is 1. The van der Waals surface area contributed by atoms with Crippen molar-refractivity contribution in [2.75, 3.05) is 6.61 Å². The first-order valence-corrected chi connectivity index (χ1v) is 9.74. The molecule has 128 valence electrons. The molecule has 0 bridgehead atoms. The van der Waals surface area contributed by atoms with E-state index in [1.54, 1.807) is 6.92 Å². The first-order chi connectivity index (χ1) is 11.6. The summed E-state index contributed by atoms with van der Waals surface area (Å²) >= 11 is -0.192. The summed E-state index contributed by atoms with van der Waals surface area (Å²) in [6.07, 6.45) is -1.91. The minimum atomic E-state index is -0.959. The Hall–Kier alpha value is -1.65. The molecule has 0 amide bonds. The van der Waals surface area contributed by atoms with Crippen molar-refractivity contribution in [3.05, 3.63) is 66.2 Å². The Morgan fingerprint density at radius 2 is 1.62 bits per heavy atom. The summed E-state index contributed by atoms with van der Waals surface area (Å²) in [7, 11) is 0. The van der Waals surface area contributed by atoms with Crippen LogP contribution in [-0.2, 0) is 9.53 Å². The average Bonchev–Trinajstić information content (AvgIpc) is 2.61. The molecule has 2 aromatic rings. The molecule has 4 nitrogen and oxygen atoms in total. The van der Waals surface area contributed by atoms with Gasteiger partial charge in [-0.05, 0) is 0 Å². The van der Waals surface area contributed by atoms with Crippen LogP contribution < -0.4 is 4.46 Å². The van der Waals surface area contributed by atoms with Crippen molar-refractivity contribution in [2.24, 2.45) is 0 Å². The summed E-state index contributed by atoms with van der Waals surface area (Å²) in [6.45, 7) is 2.01. The standard InChI is InChI=1S/C19H22O4Se/c1-2-23-17(21)13-16(20)19(24-15-11-7-4-8-12-15)18(22)14-9-5-3-6-10-14/h3-12,16,18-20,22H,2,13H2,1H3/t16-,18-,19+/m1/s1. The molecule has 0 aliphatic heterocycles. The normalized spacial score (nSPS) is 14.6. The number of aliphatic hydroxyl groups excluding tert-OH is 2. The van der Waals surface area contributed by atoms with Crippen LogP contribution >= 0.6 is 0 Å². The van der Waals surface area contributed by atoms with Gasteiger partial charge in [0.2, 0.25) is 0 Å². The molecule has 0 unspecified atom stereocenters. The van der Waals surface area contributed by atoms with Gasteiger partial charge in [-0.15, -0.1) is 0 Å². The molecule has 0 heterocycles. The molecular formula is C19H22O4Se. The van der Waals surface area contributed by atoms with Crippen molar-refractivity contribution < 1.29 is 19.7 Å². The Labute approximate surface area is 148 Å². The third-order valence-corrected chi connectivity index (χ3v) is 6.44. The second-order valence-corrected chi connectivity index (χ2v) is 7.95. The van der Waals surface area contributed by atoms with Crippen LogP contribution in [0.2, 0.25) is 4.82 Å². The van der Waals surface area contributed by atoms with Gasteiger partial charge in [-0.25, -0.2) is 0 Å². The van der Waals surface area contributed by atoms with Crippen LogP contribution in [0, 0.1) is 0 Å². The summed E-state index contributed by atoms with van der Waals surface area (Å²) in [5, 5.41) is 21.3.